The highest BCUT2D eigenvalue weighted by molar-refractivity contribution is 8.37. The van der Waals surface area contributed by atoms with E-state index in [9.17, 15) is 9.79 Å². The number of hydrogen-bond donors (Lipinski definition) is 2. The SMILES string of the molecule is CC=CCS(CC=CC)=P(O)(O)Cl. The molecule has 0 aliphatic rings. The van der Waals surface area contributed by atoms with Crippen LogP contribution < -0.4 is 0 Å². The second kappa shape index (κ2) is 6.86. The highest BCUT2D eigenvalue weighted by Gasteiger charge is 2.09. The van der Waals surface area contributed by atoms with Gasteiger partial charge in [-0.25, -0.2) is 0 Å². The zero-order valence-corrected chi connectivity index (χ0v) is 10.3. The largest absolute Gasteiger partial charge is 0.338 e. The molecular formula is C8H16ClO2PS. The first-order chi connectivity index (χ1) is 6.02. The molecule has 0 aromatic rings. The maximum atomic E-state index is 9.31. The molecule has 0 radical (unpaired) electrons. The Morgan fingerprint density at radius 3 is 1.77 bits per heavy atom. The van der Waals surface area contributed by atoms with Gasteiger partial charge in [-0.3, -0.25) is 0 Å². The van der Waals surface area contributed by atoms with Crippen LogP contribution in [0.1, 0.15) is 13.8 Å². The van der Waals surface area contributed by atoms with Gasteiger partial charge in [0.1, 0.15) is 0 Å². The Hall–Kier alpha value is 0.470. The predicted molar refractivity (Wildman–Crippen MR) is 63.9 cm³/mol. The first kappa shape index (κ1) is 13.5. The van der Waals surface area contributed by atoms with Crippen LogP contribution >= 0.6 is 17.1 Å². The van der Waals surface area contributed by atoms with E-state index in [0.717, 1.165) is 0 Å². The van der Waals surface area contributed by atoms with Crippen molar-refractivity contribution >= 4 is 27.2 Å². The third-order valence-corrected chi connectivity index (χ3v) is 7.81. The molecular weight excluding hydrogens is 227 g/mol. The maximum absolute atomic E-state index is 9.31. The molecule has 0 bridgehead atoms. The molecule has 0 fully saturated rings. The smallest absolute Gasteiger partial charge is 0.236 e. The van der Waals surface area contributed by atoms with Gasteiger partial charge in [0.15, 0.2) is 0 Å². The number of rotatable bonds is 4. The Kier molecular flexibility index (Phi) is 7.10. The molecule has 0 aromatic carbocycles. The lowest BCUT2D eigenvalue weighted by Crippen LogP contribution is -1.99. The van der Waals surface area contributed by atoms with Crippen molar-refractivity contribution in [2.45, 2.75) is 13.8 Å². The van der Waals surface area contributed by atoms with Gasteiger partial charge in [0.05, 0.1) is 0 Å². The van der Waals surface area contributed by atoms with Crippen molar-refractivity contribution in [2.75, 3.05) is 11.5 Å². The van der Waals surface area contributed by atoms with E-state index in [-0.39, 0.29) is 0 Å². The van der Waals surface area contributed by atoms with Gasteiger partial charge in [-0.1, -0.05) is 24.3 Å². The highest BCUT2D eigenvalue weighted by Crippen LogP contribution is 2.47. The summed E-state index contributed by atoms with van der Waals surface area (Å²) in [6.07, 6.45) is 7.61. The molecule has 0 saturated heterocycles. The highest BCUT2D eigenvalue weighted by atomic mass is 35.7. The molecule has 0 rings (SSSR count). The summed E-state index contributed by atoms with van der Waals surface area (Å²) < 4.78 is 0. The summed E-state index contributed by atoms with van der Waals surface area (Å²) in [6, 6.07) is 0. The van der Waals surface area contributed by atoms with Crippen molar-refractivity contribution in [1.82, 2.24) is 0 Å². The van der Waals surface area contributed by atoms with E-state index in [0.29, 0.717) is 11.5 Å². The van der Waals surface area contributed by atoms with Crippen LogP contribution in [0.3, 0.4) is 0 Å². The average molecular weight is 243 g/mol. The Bertz CT molecular complexity index is 231. The minimum absolute atomic E-state index is 0.528. The van der Waals surface area contributed by atoms with Crippen molar-refractivity contribution in [3.8, 4) is 0 Å². The van der Waals surface area contributed by atoms with Crippen LogP contribution in [0.2, 0.25) is 0 Å². The summed E-state index contributed by atoms with van der Waals surface area (Å²) in [7, 11) is -0.528. The first-order valence-corrected chi connectivity index (χ1v) is 8.73. The standard InChI is InChI=1S/C8H16ClO2PS/c1-3-5-7-13(8-6-4-2)12(9,10)11/h3-6,10-11H,7-8H2,1-2H3. The van der Waals surface area contributed by atoms with Gasteiger partial charge >= 0.3 is 0 Å². The van der Waals surface area contributed by atoms with Crippen LogP contribution in [0, 0.1) is 0 Å². The summed E-state index contributed by atoms with van der Waals surface area (Å²) in [5.74, 6) is -1.90. The summed E-state index contributed by atoms with van der Waals surface area (Å²) in [5, 5.41) is 0. The minimum Gasteiger partial charge on any atom is -0.338 e. The van der Waals surface area contributed by atoms with Gasteiger partial charge in [0.2, 0.25) is 5.84 Å². The van der Waals surface area contributed by atoms with Crippen LogP contribution in [0.5, 0.6) is 0 Å². The lowest BCUT2D eigenvalue weighted by atomic mass is 10.6. The molecule has 78 valence electrons. The lowest BCUT2D eigenvalue weighted by molar-refractivity contribution is 0.500. The fraction of sp³-hybridized carbons (Fsp3) is 0.500. The quantitative estimate of drug-likeness (QED) is 0.588. The van der Waals surface area contributed by atoms with Gasteiger partial charge in [-0.05, 0) is 25.1 Å². The van der Waals surface area contributed by atoms with Crippen LogP contribution in [-0.2, 0) is 10.1 Å². The molecule has 0 saturated carbocycles. The average Bonchev–Trinajstić information content (AvgIpc) is 2.02. The van der Waals surface area contributed by atoms with E-state index in [2.05, 4.69) is 0 Å². The summed E-state index contributed by atoms with van der Waals surface area (Å²) in [5.41, 5.74) is 0. The Balaban J connectivity index is 4.57. The number of hydrogen-bond acceptors (Lipinski definition) is 0. The molecule has 0 amide bonds. The van der Waals surface area contributed by atoms with Gasteiger partial charge in [-0.2, -0.15) is 0 Å². The number of allylic oxidation sites excluding steroid dienone is 2. The van der Waals surface area contributed by atoms with Gasteiger partial charge in [0.25, 0.3) is 0 Å². The van der Waals surface area contributed by atoms with Gasteiger partial charge in [-0.15, -0.1) is 10.1 Å². The molecule has 2 N–H and O–H groups in total. The van der Waals surface area contributed by atoms with Gasteiger partial charge < -0.3 is 9.79 Å². The third-order valence-electron chi connectivity index (χ3n) is 1.38. The van der Waals surface area contributed by atoms with Crippen LogP contribution in [0.25, 0.3) is 0 Å². The fourth-order valence-electron chi connectivity index (χ4n) is 0.672. The molecule has 5 heteroatoms. The van der Waals surface area contributed by atoms with Crippen molar-refractivity contribution < 1.29 is 9.79 Å². The third kappa shape index (κ3) is 6.53. The minimum atomic E-state index is -3.19. The second-order valence-electron chi connectivity index (χ2n) is 2.41. The van der Waals surface area contributed by atoms with Crippen molar-refractivity contribution in [1.29, 1.82) is 0 Å². The molecule has 0 aliphatic carbocycles. The molecule has 0 spiro atoms. The Labute approximate surface area is 86.8 Å². The van der Waals surface area contributed by atoms with Crippen molar-refractivity contribution in [3.05, 3.63) is 24.3 Å². The van der Waals surface area contributed by atoms with Crippen LogP contribution in [0.4, 0.5) is 0 Å². The zero-order chi connectivity index (χ0) is 10.3. The zero-order valence-electron chi connectivity index (χ0n) is 7.85. The van der Waals surface area contributed by atoms with E-state index in [1.165, 1.54) is 0 Å². The maximum Gasteiger partial charge on any atom is 0.236 e. The second-order valence-corrected chi connectivity index (χ2v) is 10.0. The monoisotopic (exact) mass is 242 g/mol. The van der Waals surface area contributed by atoms with Crippen molar-refractivity contribution in [3.63, 3.8) is 0 Å². The van der Waals surface area contributed by atoms with Crippen LogP contribution in [0.15, 0.2) is 24.3 Å². The Morgan fingerprint density at radius 1 is 1.15 bits per heavy atom. The predicted octanol–water partition coefficient (Wildman–Crippen LogP) is 2.66. The summed E-state index contributed by atoms with van der Waals surface area (Å²) in [4.78, 5) is 18.6. The lowest BCUT2D eigenvalue weighted by Gasteiger charge is -2.11. The van der Waals surface area contributed by atoms with E-state index >= 15 is 0 Å². The van der Waals surface area contributed by atoms with Gasteiger partial charge in [0, 0.05) is 11.5 Å². The first-order valence-electron chi connectivity index (χ1n) is 3.97. The number of halogens is 1. The molecule has 0 aliphatic heterocycles. The molecule has 13 heavy (non-hydrogen) atoms. The van der Waals surface area contributed by atoms with E-state index in [4.69, 9.17) is 11.2 Å². The van der Waals surface area contributed by atoms with Crippen LogP contribution in [-0.4, -0.2) is 21.3 Å². The molecule has 0 aromatic heterocycles. The van der Waals surface area contributed by atoms with Crippen molar-refractivity contribution in [2.24, 2.45) is 0 Å². The summed E-state index contributed by atoms with van der Waals surface area (Å²) in [6.45, 7) is 3.81. The molecule has 0 heterocycles. The molecule has 0 unspecified atom stereocenters. The normalized spacial score (nSPS) is 15.8. The molecule has 0 atom stereocenters. The fourth-order valence-corrected chi connectivity index (χ4v) is 4.69. The van der Waals surface area contributed by atoms with E-state index in [1.807, 2.05) is 38.2 Å². The van der Waals surface area contributed by atoms with E-state index in [1.54, 1.807) is 0 Å². The van der Waals surface area contributed by atoms with E-state index < -0.39 is 15.9 Å². The molecule has 2 nitrogen and oxygen atoms in total. The Morgan fingerprint density at radius 2 is 1.54 bits per heavy atom. The topological polar surface area (TPSA) is 40.5 Å². The summed E-state index contributed by atoms with van der Waals surface area (Å²) >= 11 is 5.54.